The third kappa shape index (κ3) is 1.42. The van der Waals surface area contributed by atoms with Crippen molar-refractivity contribution < 1.29 is 19.5 Å². The lowest BCUT2D eigenvalue weighted by atomic mass is 9.78. The average Bonchev–Trinajstić information content (AvgIpc) is 1.97. The summed E-state index contributed by atoms with van der Waals surface area (Å²) in [6.07, 6.45) is 0. The molecule has 5 heteroatoms. The Bertz CT molecular complexity index is 301. The Morgan fingerprint density at radius 1 is 1.33 bits per heavy atom. The molecule has 0 atom stereocenters. The minimum absolute atomic E-state index is 0.260. The van der Waals surface area contributed by atoms with Crippen LogP contribution in [0.2, 0.25) is 0 Å². The predicted molar refractivity (Wildman–Crippen MR) is 42.6 cm³/mol. The van der Waals surface area contributed by atoms with E-state index in [1.54, 1.807) is 0 Å². The van der Waals surface area contributed by atoms with Gasteiger partial charge in [0.25, 0.3) is 0 Å². The minimum atomic E-state index is -1.98. The predicted octanol–water partition coefficient (Wildman–Crippen LogP) is -0.480. The lowest BCUT2D eigenvalue weighted by molar-refractivity contribution is 0.415. The van der Waals surface area contributed by atoms with Crippen molar-refractivity contribution >= 4 is 12.6 Å². The van der Waals surface area contributed by atoms with Gasteiger partial charge in [0.15, 0.2) is 0 Å². The fraction of sp³-hybridized carbons (Fsp3) is 0.143. The summed E-state index contributed by atoms with van der Waals surface area (Å²) in [5.74, 6) is -1.24. The summed E-state index contributed by atoms with van der Waals surface area (Å²) < 4.78 is 13.0. The second-order valence-electron chi connectivity index (χ2n) is 2.50. The van der Waals surface area contributed by atoms with Crippen LogP contribution in [0.15, 0.2) is 12.1 Å². The zero-order chi connectivity index (χ0) is 9.30. The maximum Gasteiger partial charge on any atom is 0.495 e. The zero-order valence-corrected chi connectivity index (χ0v) is 6.45. The first-order chi connectivity index (χ1) is 5.54. The minimum Gasteiger partial charge on any atom is -0.508 e. The van der Waals surface area contributed by atoms with Gasteiger partial charge in [-0.05, 0) is 18.6 Å². The SMILES string of the molecule is Cc1ccc(O)c(B(O)O)c1F. The molecule has 1 rings (SSSR count). The largest absolute Gasteiger partial charge is 0.508 e. The molecular weight excluding hydrogens is 162 g/mol. The highest BCUT2D eigenvalue weighted by atomic mass is 19.1. The first kappa shape index (κ1) is 9.03. The van der Waals surface area contributed by atoms with E-state index in [9.17, 15) is 4.39 Å². The van der Waals surface area contributed by atoms with Crippen LogP contribution in [0.4, 0.5) is 4.39 Å². The second-order valence-corrected chi connectivity index (χ2v) is 2.50. The van der Waals surface area contributed by atoms with Gasteiger partial charge in [0.2, 0.25) is 0 Å². The second kappa shape index (κ2) is 3.12. The zero-order valence-electron chi connectivity index (χ0n) is 6.45. The maximum absolute atomic E-state index is 13.0. The molecule has 64 valence electrons. The average molecular weight is 170 g/mol. The molecule has 12 heavy (non-hydrogen) atoms. The number of phenols is 1. The molecular formula is C7H8BFO3. The van der Waals surface area contributed by atoms with Gasteiger partial charge >= 0.3 is 7.12 Å². The monoisotopic (exact) mass is 170 g/mol. The first-order valence-electron chi connectivity index (χ1n) is 3.38. The van der Waals surface area contributed by atoms with Crippen molar-refractivity contribution in [2.45, 2.75) is 6.92 Å². The van der Waals surface area contributed by atoms with Crippen molar-refractivity contribution in [1.82, 2.24) is 0 Å². The molecule has 0 unspecified atom stereocenters. The highest BCUT2D eigenvalue weighted by molar-refractivity contribution is 6.59. The van der Waals surface area contributed by atoms with Crippen molar-refractivity contribution in [3.63, 3.8) is 0 Å². The van der Waals surface area contributed by atoms with Crippen LogP contribution in [0.25, 0.3) is 0 Å². The number of hydrogen-bond donors (Lipinski definition) is 3. The summed E-state index contributed by atoms with van der Waals surface area (Å²) in [5.41, 5.74) is -0.217. The number of benzene rings is 1. The van der Waals surface area contributed by atoms with Crippen molar-refractivity contribution in [3.05, 3.63) is 23.5 Å². The van der Waals surface area contributed by atoms with Gasteiger partial charge in [-0.3, -0.25) is 0 Å². The standard InChI is InChI=1S/C7H8BFO3/c1-4-2-3-5(10)6(7(4)9)8(11)12/h2-3,10-12H,1H3. The molecule has 3 nitrogen and oxygen atoms in total. The molecule has 0 aliphatic carbocycles. The van der Waals surface area contributed by atoms with Crippen molar-refractivity contribution in [1.29, 1.82) is 0 Å². The molecule has 0 heterocycles. The number of phenolic OH excluding ortho intramolecular Hbond substituents is 1. The van der Waals surface area contributed by atoms with Crippen molar-refractivity contribution in [3.8, 4) is 5.75 Å². The fourth-order valence-corrected chi connectivity index (χ4v) is 0.937. The molecule has 1 aromatic rings. The van der Waals surface area contributed by atoms with Gasteiger partial charge in [-0.2, -0.15) is 0 Å². The number of halogens is 1. The lowest BCUT2D eigenvalue weighted by Gasteiger charge is -2.06. The number of hydrogen-bond acceptors (Lipinski definition) is 3. The van der Waals surface area contributed by atoms with E-state index in [1.165, 1.54) is 19.1 Å². The van der Waals surface area contributed by atoms with Gasteiger partial charge in [0.05, 0.1) is 5.46 Å². The molecule has 0 saturated heterocycles. The first-order valence-corrected chi connectivity index (χ1v) is 3.38. The quantitative estimate of drug-likeness (QED) is 0.498. The Labute approximate surface area is 69.2 Å². The highest BCUT2D eigenvalue weighted by Crippen LogP contribution is 2.11. The normalized spacial score (nSPS) is 10.0. The van der Waals surface area contributed by atoms with Crippen molar-refractivity contribution in [2.24, 2.45) is 0 Å². The molecule has 0 spiro atoms. The molecule has 0 aliphatic heterocycles. The number of aromatic hydroxyl groups is 1. The number of aryl methyl sites for hydroxylation is 1. The molecule has 0 amide bonds. The van der Waals surface area contributed by atoms with E-state index in [2.05, 4.69) is 0 Å². The fourth-order valence-electron chi connectivity index (χ4n) is 0.937. The smallest absolute Gasteiger partial charge is 0.495 e. The molecule has 3 N–H and O–H groups in total. The van der Waals surface area contributed by atoms with E-state index in [-0.39, 0.29) is 5.56 Å². The van der Waals surface area contributed by atoms with Crippen LogP contribution in [0.3, 0.4) is 0 Å². The van der Waals surface area contributed by atoms with E-state index in [0.717, 1.165) is 0 Å². The van der Waals surface area contributed by atoms with Crippen LogP contribution >= 0.6 is 0 Å². The Kier molecular flexibility index (Phi) is 2.35. The van der Waals surface area contributed by atoms with E-state index < -0.39 is 24.1 Å². The van der Waals surface area contributed by atoms with Crippen LogP contribution in [-0.2, 0) is 0 Å². The summed E-state index contributed by atoms with van der Waals surface area (Å²) >= 11 is 0. The number of rotatable bonds is 1. The van der Waals surface area contributed by atoms with Crippen LogP contribution in [-0.4, -0.2) is 22.3 Å². The summed E-state index contributed by atoms with van der Waals surface area (Å²) in [6, 6.07) is 2.57. The molecule has 1 aromatic carbocycles. The topological polar surface area (TPSA) is 60.7 Å². The van der Waals surface area contributed by atoms with Gasteiger partial charge in [0, 0.05) is 0 Å². The summed E-state index contributed by atoms with van der Waals surface area (Å²) in [6.45, 7) is 1.47. The Balaban J connectivity index is 3.33. The molecule has 0 aromatic heterocycles. The van der Waals surface area contributed by atoms with Gasteiger partial charge in [-0.1, -0.05) is 6.07 Å². The molecule has 0 saturated carbocycles. The van der Waals surface area contributed by atoms with Crippen LogP contribution < -0.4 is 5.46 Å². The van der Waals surface area contributed by atoms with E-state index in [4.69, 9.17) is 15.2 Å². The van der Waals surface area contributed by atoms with Crippen LogP contribution in [0, 0.1) is 12.7 Å². The van der Waals surface area contributed by atoms with E-state index in [1.807, 2.05) is 0 Å². The Morgan fingerprint density at radius 3 is 2.33 bits per heavy atom. The summed E-state index contributed by atoms with van der Waals surface area (Å²) in [4.78, 5) is 0. The van der Waals surface area contributed by atoms with E-state index >= 15 is 0 Å². The molecule has 0 fully saturated rings. The van der Waals surface area contributed by atoms with Gasteiger partial charge in [-0.25, -0.2) is 4.39 Å². The molecule has 0 bridgehead atoms. The van der Waals surface area contributed by atoms with E-state index in [0.29, 0.717) is 0 Å². The lowest BCUT2D eigenvalue weighted by Crippen LogP contribution is -2.33. The van der Waals surface area contributed by atoms with Crippen LogP contribution in [0.5, 0.6) is 5.75 Å². The van der Waals surface area contributed by atoms with Crippen molar-refractivity contribution in [2.75, 3.05) is 0 Å². The third-order valence-corrected chi connectivity index (χ3v) is 1.61. The Morgan fingerprint density at radius 2 is 1.92 bits per heavy atom. The maximum atomic E-state index is 13.0. The van der Waals surface area contributed by atoms with Gasteiger partial charge in [-0.15, -0.1) is 0 Å². The summed E-state index contributed by atoms with van der Waals surface area (Å²) in [5, 5.41) is 26.4. The Hall–Kier alpha value is -1.07. The summed E-state index contributed by atoms with van der Waals surface area (Å²) in [7, 11) is -1.98. The molecule has 0 radical (unpaired) electrons. The molecule has 0 aliphatic rings. The van der Waals surface area contributed by atoms with Gasteiger partial charge < -0.3 is 15.2 Å². The van der Waals surface area contributed by atoms with Gasteiger partial charge in [0.1, 0.15) is 11.6 Å². The highest BCUT2D eigenvalue weighted by Gasteiger charge is 2.22. The van der Waals surface area contributed by atoms with Crippen LogP contribution in [0.1, 0.15) is 5.56 Å². The third-order valence-electron chi connectivity index (χ3n) is 1.61.